The number of pyridine rings is 1. The maximum Gasteiger partial charge on any atom is 0.324 e. The summed E-state index contributed by atoms with van der Waals surface area (Å²) in [5.74, 6) is -1.42. The fourth-order valence-corrected chi connectivity index (χ4v) is 2.90. The molecule has 3 aromatic heterocycles. The maximum absolute atomic E-state index is 13.8. The zero-order valence-corrected chi connectivity index (χ0v) is 16.4. The molecule has 31 heavy (non-hydrogen) atoms. The second kappa shape index (κ2) is 8.76. The number of nitrogens with zero attached hydrogens (tertiary/aromatic N) is 4. The Bertz CT molecular complexity index is 1240. The largest absolute Gasteiger partial charge is 0.421 e. The smallest absolute Gasteiger partial charge is 0.324 e. The van der Waals surface area contributed by atoms with Crippen molar-refractivity contribution < 1.29 is 23.7 Å². The van der Waals surface area contributed by atoms with Crippen LogP contribution in [0.5, 0.6) is 11.8 Å². The molecule has 3 heterocycles. The molecule has 0 aliphatic heterocycles. The van der Waals surface area contributed by atoms with Crippen LogP contribution in [0.25, 0.3) is 22.3 Å². The minimum atomic E-state index is -0.940. The molecule has 0 aliphatic carbocycles. The van der Waals surface area contributed by atoms with E-state index in [4.69, 9.17) is 21.4 Å². The van der Waals surface area contributed by atoms with E-state index in [2.05, 4.69) is 30.5 Å². The first kappa shape index (κ1) is 20.8. The predicted octanol–water partition coefficient (Wildman–Crippen LogP) is 2.90. The fourth-order valence-electron chi connectivity index (χ4n) is 2.71. The van der Waals surface area contributed by atoms with E-state index >= 15 is 0 Å². The number of hydrogen-bond acceptors (Lipinski definition) is 8. The molecular formula is C19H15ClF2N6O3. The first-order chi connectivity index (χ1) is 14.9. The molecule has 0 bridgehead atoms. The van der Waals surface area contributed by atoms with Gasteiger partial charge in [0.2, 0.25) is 0 Å². The number of benzene rings is 1. The number of aromatic nitrogens is 5. The number of nitrogens with one attached hydrogen (secondary N) is 2. The van der Waals surface area contributed by atoms with Gasteiger partial charge in [-0.1, -0.05) is 11.6 Å². The lowest BCUT2D eigenvalue weighted by Crippen LogP contribution is -2.23. The Morgan fingerprint density at radius 1 is 1.19 bits per heavy atom. The highest BCUT2D eigenvalue weighted by Crippen LogP contribution is 2.33. The molecule has 1 atom stereocenters. The molecular weight excluding hydrogens is 434 g/mol. The van der Waals surface area contributed by atoms with Crippen LogP contribution in [-0.4, -0.2) is 54.6 Å². The Morgan fingerprint density at radius 3 is 2.81 bits per heavy atom. The second-order valence-corrected chi connectivity index (χ2v) is 6.84. The van der Waals surface area contributed by atoms with Gasteiger partial charge in [0.05, 0.1) is 23.1 Å². The summed E-state index contributed by atoms with van der Waals surface area (Å²) in [6.07, 6.45) is 1.91. The molecule has 4 aromatic rings. The summed E-state index contributed by atoms with van der Waals surface area (Å²) >= 11 is 6.28. The number of H-pyrrole nitrogens is 1. The lowest BCUT2D eigenvalue weighted by molar-refractivity contribution is 0.105. The summed E-state index contributed by atoms with van der Waals surface area (Å²) in [5, 5.41) is 29.1. The molecule has 9 nitrogen and oxygen atoms in total. The third kappa shape index (κ3) is 4.53. The van der Waals surface area contributed by atoms with Crippen LogP contribution in [-0.2, 0) is 0 Å². The molecule has 0 saturated carbocycles. The molecule has 0 saturated heterocycles. The van der Waals surface area contributed by atoms with Crippen molar-refractivity contribution in [2.45, 2.75) is 6.10 Å². The fraction of sp³-hybridized carbons (Fsp3) is 0.158. The molecule has 0 radical (unpaired) electrons. The van der Waals surface area contributed by atoms with Crippen LogP contribution in [0.2, 0.25) is 5.02 Å². The van der Waals surface area contributed by atoms with E-state index < -0.39 is 17.7 Å². The van der Waals surface area contributed by atoms with Gasteiger partial charge in [-0.25, -0.2) is 18.7 Å². The van der Waals surface area contributed by atoms with Crippen molar-refractivity contribution in [3.05, 3.63) is 53.3 Å². The third-order valence-corrected chi connectivity index (χ3v) is 4.53. The van der Waals surface area contributed by atoms with Gasteiger partial charge in [-0.3, -0.25) is 5.10 Å². The van der Waals surface area contributed by atoms with Gasteiger partial charge >= 0.3 is 6.01 Å². The SMILES string of the molecule is OCC(O)CNc1cc(-c2n[nH]c3nc(Oc4ccc(F)cc4F)ncc23)c(Cl)cn1. The number of aliphatic hydroxyl groups excluding tert-OH is 2. The zero-order valence-electron chi connectivity index (χ0n) is 15.7. The first-order valence-corrected chi connectivity index (χ1v) is 9.35. The van der Waals surface area contributed by atoms with Crippen LogP contribution in [0.15, 0.2) is 36.7 Å². The van der Waals surface area contributed by atoms with E-state index in [1.807, 2.05) is 0 Å². The van der Waals surface area contributed by atoms with Gasteiger partial charge in [-0.2, -0.15) is 10.1 Å². The Balaban J connectivity index is 1.62. The average Bonchev–Trinajstić information content (AvgIpc) is 3.18. The standard InChI is InChI=1S/C19H15ClF2N6O3/c20-13-7-24-16(23-5-10(30)8-29)4-11(13)17-12-6-25-19(26-18(12)28-27-17)31-15-2-1-9(21)3-14(15)22/h1-4,6-7,10,29-30H,5,8H2,(H,23,24)(H,25,26,27,28). The summed E-state index contributed by atoms with van der Waals surface area (Å²) in [5.41, 5.74) is 1.26. The summed E-state index contributed by atoms with van der Waals surface area (Å²) in [7, 11) is 0. The number of anilines is 1. The van der Waals surface area contributed by atoms with Crippen molar-refractivity contribution >= 4 is 28.5 Å². The van der Waals surface area contributed by atoms with E-state index in [1.54, 1.807) is 6.07 Å². The molecule has 0 amide bonds. The molecule has 4 N–H and O–H groups in total. The number of aliphatic hydroxyl groups is 2. The van der Waals surface area contributed by atoms with Crippen LogP contribution >= 0.6 is 11.6 Å². The van der Waals surface area contributed by atoms with Gasteiger partial charge < -0.3 is 20.3 Å². The van der Waals surface area contributed by atoms with E-state index in [-0.39, 0.29) is 24.9 Å². The lowest BCUT2D eigenvalue weighted by atomic mass is 10.1. The molecule has 160 valence electrons. The van der Waals surface area contributed by atoms with Crippen LogP contribution in [0.3, 0.4) is 0 Å². The molecule has 0 fully saturated rings. The van der Waals surface area contributed by atoms with Crippen molar-refractivity contribution in [3.63, 3.8) is 0 Å². The van der Waals surface area contributed by atoms with Gasteiger partial charge in [0.15, 0.2) is 17.2 Å². The maximum atomic E-state index is 13.8. The topological polar surface area (TPSA) is 129 Å². The molecule has 1 aromatic carbocycles. The number of rotatable bonds is 7. The van der Waals surface area contributed by atoms with E-state index in [1.165, 1.54) is 12.4 Å². The number of halogens is 3. The van der Waals surface area contributed by atoms with Crippen molar-refractivity contribution in [3.8, 4) is 23.0 Å². The number of hydrogen-bond donors (Lipinski definition) is 4. The van der Waals surface area contributed by atoms with Crippen molar-refractivity contribution in [1.29, 1.82) is 0 Å². The minimum absolute atomic E-state index is 0.0929. The van der Waals surface area contributed by atoms with E-state index in [0.29, 0.717) is 39.2 Å². The van der Waals surface area contributed by atoms with Gasteiger partial charge in [-0.15, -0.1) is 0 Å². The van der Waals surface area contributed by atoms with Gasteiger partial charge in [-0.05, 0) is 18.2 Å². The van der Waals surface area contributed by atoms with Crippen molar-refractivity contribution in [2.75, 3.05) is 18.5 Å². The summed E-state index contributed by atoms with van der Waals surface area (Å²) in [6.45, 7) is -0.295. The first-order valence-electron chi connectivity index (χ1n) is 8.97. The normalized spacial score (nSPS) is 12.2. The zero-order chi connectivity index (χ0) is 22.0. The number of fused-ring (bicyclic) bond motifs is 1. The van der Waals surface area contributed by atoms with E-state index in [9.17, 15) is 13.9 Å². The van der Waals surface area contributed by atoms with Crippen LogP contribution < -0.4 is 10.1 Å². The highest BCUT2D eigenvalue weighted by molar-refractivity contribution is 6.33. The highest BCUT2D eigenvalue weighted by atomic mass is 35.5. The lowest BCUT2D eigenvalue weighted by Gasteiger charge is -2.11. The van der Waals surface area contributed by atoms with Crippen molar-refractivity contribution in [1.82, 2.24) is 25.1 Å². The molecule has 4 rings (SSSR count). The quantitative estimate of drug-likeness (QED) is 0.339. The second-order valence-electron chi connectivity index (χ2n) is 6.43. The average molecular weight is 449 g/mol. The molecule has 1 unspecified atom stereocenters. The van der Waals surface area contributed by atoms with Crippen LogP contribution in [0.4, 0.5) is 14.6 Å². The van der Waals surface area contributed by atoms with Gasteiger partial charge in [0.25, 0.3) is 0 Å². The third-order valence-electron chi connectivity index (χ3n) is 4.23. The molecule has 0 aliphatic rings. The molecule has 12 heteroatoms. The Labute approximate surface area is 178 Å². The summed E-state index contributed by atoms with van der Waals surface area (Å²) in [4.78, 5) is 12.3. The minimum Gasteiger partial charge on any atom is -0.421 e. The summed E-state index contributed by atoms with van der Waals surface area (Å²) in [6, 6.07) is 4.35. The number of ether oxygens (including phenoxy) is 1. The molecule has 0 spiro atoms. The monoisotopic (exact) mass is 448 g/mol. The number of aromatic amines is 1. The Hall–Kier alpha value is -3.41. The Kier molecular flexibility index (Phi) is 5.89. The van der Waals surface area contributed by atoms with Crippen LogP contribution in [0.1, 0.15) is 0 Å². The van der Waals surface area contributed by atoms with E-state index in [0.717, 1.165) is 12.1 Å². The van der Waals surface area contributed by atoms with Crippen LogP contribution in [0, 0.1) is 11.6 Å². The Morgan fingerprint density at radius 2 is 2.03 bits per heavy atom. The van der Waals surface area contributed by atoms with Gasteiger partial charge in [0.1, 0.15) is 17.3 Å². The predicted molar refractivity (Wildman–Crippen MR) is 108 cm³/mol. The van der Waals surface area contributed by atoms with Gasteiger partial charge in [0, 0.05) is 30.6 Å². The highest BCUT2D eigenvalue weighted by Gasteiger charge is 2.16. The van der Waals surface area contributed by atoms with Crippen molar-refractivity contribution in [2.24, 2.45) is 0 Å². The summed E-state index contributed by atoms with van der Waals surface area (Å²) < 4.78 is 32.1.